The van der Waals surface area contributed by atoms with E-state index in [9.17, 15) is 13.2 Å². The van der Waals surface area contributed by atoms with Crippen LogP contribution < -0.4 is 0 Å². The van der Waals surface area contributed by atoms with Gasteiger partial charge in [0, 0.05) is 26.7 Å². The summed E-state index contributed by atoms with van der Waals surface area (Å²) in [6, 6.07) is 7.01. The van der Waals surface area contributed by atoms with Crippen molar-refractivity contribution in [1.29, 1.82) is 0 Å². The SMILES string of the molecule is Cc1ccc(S(=O)(=O)N2CC[C@H]3C(=O)N(C)[C@@]3(CCO[Si](C(C)C)(C(C)C)C(C)C)C2)cc1. The maximum atomic E-state index is 13.4. The molecule has 186 valence electrons. The Bertz CT molecular complexity index is 939. The van der Waals surface area contributed by atoms with Crippen LogP contribution in [0.15, 0.2) is 29.2 Å². The molecule has 0 spiro atoms. The molecule has 6 nitrogen and oxygen atoms in total. The van der Waals surface area contributed by atoms with Crippen molar-refractivity contribution >= 4 is 24.2 Å². The van der Waals surface area contributed by atoms with Gasteiger partial charge in [0.2, 0.25) is 15.9 Å². The molecule has 2 fully saturated rings. The lowest BCUT2D eigenvalue weighted by molar-refractivity contribution is -0.176. The van der Waals surface area contributed by atoms with Crippen molar-refractivity contribution in [2.75, 3.05) is 26.7 Å². The number of sulfonamides is 1. The second-order valence-corrected chi connectivity index (χ2v) is 18.3. The van der Waals surface area contributed by atoms with E-state index in [2.05, 4.69) is 41.5 Å². The fraction of sp³-hybridized carbons (Fsp3) is 0.720. The Morgan fingerprint density at radius 1 is 1.06 bits per heavy atom. The van der Waals surface area contributed by atoms with Gasteiger partial charge in [-0.1, -0.05) is 59.2 Å². The van der Waals surface area contributed by atoms with Crippen LogP contribution in [0.4, 0.5) is 0 Å². The third-order valence-electron chi connectivity index (χ3n) is 8.32. The van der Waals surface area contributed by atoms with Gasteiger partial charge in [-0.3, -0.25) is 4.79 Å². The largest absolute Gasteiger partial charge is 0.416 e. The average molecular weight is 495 g/mol. The lowest BCUT2D eigenvalue weighted by Crippen LogP contribution is -2.76. The molecule has 2 aliphatic heterocycles. The van der Waals surface area contributed by atoms with Crippen molar-refractivity contribution in [3.8, 4) is 0 Å². The highest BCUT2D eigenvalue weighted by Crippen LogP contribution is 2.47. The summed E-state index contributed by atoms with van der Waals surface area (Å²) in [5.41, 5.74) is 1.99. The van der Waals surface area contributed by atoms with Crippen LogP contribution >= 0.6 is 0 Å². The van der Waals surface area contributed by atoms with Crippen molar-refractivity contribution in [2.24, 2.45) is 5.92 Å². The van der Waals surface area contributed by atoms with Gasteiger partial charge >= 0.3 is 0 Å². The number of likely N-dealkylation sites (tertiary alicyclic amines) is 1. The van der Waals surface area contributed by atoms with Crippen LogP contribution in [-0.4, -0.2) is 64.1 Å². The van der Waals surface area contributed by atoms with Crippen LogP contribution in [0.1, 0.15) is 59.9 Å². The highest BCUT2D eigenvalue weighted by atomic mass is 32.2. The summed E-state index contributed by atoms with van der Waals surface area (Å²) in [6.07, 6.45) is 1.23. The number of amides is 1. The predicted octanol–water partition coefficient (Wildman–Crippen LogP) is 4.80. The van der Waals surface area contributed by atoms with Gasteiger partial charge in [-0.25, -0.2) is 8.42 Å². The maximum Gasteiger partial charge on any atom is 0.243 e. The standard InChI is InChI=1S/C25H42N2O4SSi/c1-18(2)33(19(3)4,20(5)6)31-16-14-25-17-27(15-13-23(25)24(28)26(25)8)32(29,30)22-11-9-21(7)10-12-22/h9-12,18-20,23H,13-17H2,1-8H3/t23-,25-/m0/s1. The molecule has 33 heavy (non-hydrogen) atoms. The summed E-state index contributed by atoms with van der Waals surface area (Å²) >= 11 is 0. The Balaban J connectivity index is 1.83. The first kappa shape index (κ1) is 26.4. The number of hydrogen-bond donors (Lipinski definition) is 0. The van der Waals surface area contributed by atoms with E-state index in [0.717, 1.165) is 5.56 Å². The predicted molar refractivity (Wildman–Crippen MR) is 135 cm³/mol. The normalized spacial score (nSPS) is 24.5. The highest BCUT2D eigenvalue weighted by molar-refractivity contribution is 7.89. The van der Waals surface area contributed by atoms with Gasteiger partial charge < -0.3 is 9.33 Å². The minimum Gasteiger partial charge on any atom is -0.416 e. The number of carbonyl (C=O) groups is 1. The van der Waals surface area contributed by atoms with Crippen LogP contribution in [0.5, 0.6) is 0 Å². The number of nitrogens with zero attached hydrogens (tertiary/aromatic N) is 2. The maximum absolute atomic E-state index is 13.4. The Hall–Kier alpha value is -1.22. The molecule has 1 amide bonds. The third kappa shape index (κ3) is 4.32. The van der Waals surface area contributed by atoms with Gasteiger partial charge in [0.15, 0.2) is 8.32 Å². The molecule has 2 saturated heterocycles. The lowest BCUT2D eigenvalue weighted by atomic mass is 9.68. The van der Waals surface area contributed by atoms with Crippen molar-refractivity contribution in [2.45, 2.75) is 88.4 Å². The van der Waals surface area contributed by atoms with Gasteiger partial charge in [-0.2, -0.15) is 4.31 Å². The molecule has 0 N–H and O–H groups in total. The van der Waals surface area contributed by atoms with Gasteiger partial charge in [0.1, 0.15) is 0 Å². The van der Waals surface area contributed by atoms with Crippen LogP contribution in [-0.2, 0) is 19.2 Å². The number of benzene rings is 1. The molecule has 2 heterocycles. The molecule has 2 atom stereocenters. The van der Waals surface area contributed by atoms with E-state index in [-0.39, 0.29) is 11.8 Å². The number of piperidine rings is 1. The summed E-state index contributed by atoms with van der Waals surface area (Å²) in [4.78, 5) is 14.8. The summed E-state index contributed by atoms with van der Waals surface area (Å²) < 4.78 is 35.2. The first-order valence-electron chi connectivity index (χ1n) is 12.3. The smallest absolute Gasteiger partial charge is 0.243 e. The van der Waals surface area contributed by atoms with Gasteiger partial charge in [0.25, 0.3) is 0 Å². The van der Waals surface area contributed by atoms with Crippen molar-refractivity contribution < 1.29 is 17.6 Å². The second-order valence-electron chi connectivity index (χ2n) is 10.9. The van der Waals surface area contributed by atoms with Crippen LogP contribution in [0.3, 0.4) is 0 Å². The number of hydrogen-bond acceptors (Lipinski definition) is 4. The molecule has 1 aromatic carbocycles. The lowest BCUT2D eigenvalue weighted by Gasteiger charge is -2.60. The number of rotatable bonds is 9. The minimum atomic E-state index is -3.61. The summed E-state index contributed by atoms with van der Waals surface area (Å²) in [5.74, 6) is 0.00579. The Morgan fingerprint density at radius 3 is 2.12 bits per heavy atom. The minimum absolute atomic E-state index is 0.121. The van der Waals surface area contributed by atoms with Crippen molar-refractivity contribution in [3.05, 3.63) is 29.8 Å². The molecule has 0 aromatic heterocycles. The third-order valence-corrected chi connectivity index (χ3v) is 16.3. The summed E-state index contributed by atoms with van der Waals surface area (Å²) in [6.45, 7) is 16.8. The zero-order valence-corrected chi connectivity index (χ0v) is 23.4. The number of likely N-dealkylation sites (N-methyl/N-ethyl adjacent to an activating group) is 1. The fourth-order valence-corrected chi connectivity index (χ4v) is 13.5. The number of fused-ring (bicyclic) bond motifs is 1. The summed E-state index contributed by atoms with van der Waals surface area (Å²) in [7, 11) is -3.82. The number of β-lactam (4-membered cyclic amide) rings is 1. The molecule has 0 bridgehead atoms. The number of aryl methyl sites for hydroxylation is 1. The van der Waals surface area contributed by atoms with E-state index in [1.807, 2.05) is 26.1 Å². The van der Waals surface area contributed by atoms with Crippen LogP contribution in [0.2, 0.25) is 16.6 Å². The molecule has 0 radical (unpaired) electrons. The molecular weight excluding hydrogens is 452 g/mol. The monoisotopic (exact) mass is 494 g/mol. The molecule has 8 heteroatoms. The average Bonchev–Trinajstić information content (AvgIpc) is 2.75. The molecule has 0 unspecified atom stereocenters. The molecular formula is C25H42N2O4SSi. The zero-order valence-electron chi connectivity index (χ0n) is 21.6. The first-order valence-corrected chi connectivity index (χ1v) is 15.9. The molecule has 2 aliphatic rings. The van der Waals surface area contributed by atoms with E-state index >= 15 is 0 Å². The van der Waals surface area contributed by atoms with E-state index in [0.29, 0.717) is 54.1 Å². The Morgan fingerprint density at radius 2 is 1.61 bits per heavy atom. The van der Waals surface area contributed by atoms with Gasteiger partial charge in [0.05, 0.1) is 16.4 Å². The topological polar surface area (TPSA) is 66.9 Å². The zero-order chi connectivity index (χ0) is 24.8. The molecule has 0 aliphatic carbocycles. The molecule has 0 saturated carbocycles. The Labute approximate surface area is 201 Å². The quantitative estimate of drug-likeness (QED) is 0.365. The first-order chi connectivity index (χ1) is 15.3. The second kappa shape index (κ2) is 9.44. The van der Waals surface area contributed by atoms with Crippen molar-refractivity contribution in [3.63, 3.8) is 0 Å². The number of carbonyl (C=O) groups excluding carboxylic acids is 1. The fourth-order valence-electron chi connectivity index (χ4n) is 6.51. The van der Waals surface area contributed by atoms with Crippen molar-refractivity contribution in [1.82, 2.24) is 9.21 Å². The van der Waals surface area contributed by atoms with Gasteiger partial charge in [-0.15, -0.1) is 0 Å². The Kier molecular flexibility index (Phi) is 7.54. The van der Waals surface area contributed by atoms with E-state index in [1.54, 1.807) is 21.3 Å². The van der Waals surface area contributed by atoms with Crippen LogP contribution in [0.25, 0.3) is 0 Å². The highest BCUT2D eigenvalue weighted by Gasteiger charge is 2.61. The van der Waals surface area contributed by atoms with E-state index in [4.69, 9.17) is 4.43 Å². The summed E-state index contributed by atoms with van der Waals surface area (Å²) in [5, 5.41) is 0. The molecule has 3 rings (SSSR count). The van der Waals surface area contributed by atoms with E-state index < -0.39 is 23.9 Å². The van der Waals surface area contributed by atoms with E-state index in [1.165, 1.54) is 0 Å². The van der Waals surface area contributed by atoms with Gasteiger partial charge in [-0.05, 0) is 48.5 Å². The molecule has 1 aromatic rings. The van der Waals surface area contributed by atoms with Crippen LogP contribution in [0, 0.1) is 12.8 Å².